The van der Waals surface area contributed by atoms with Crippen molar-refractivity contribution in [3.63, 3.8) is 0 Å². The predicted molar refractivity (Wildman–Crippen MR) is 124 cm³/mol. The van der Waals surface area contributed by atoms with Crippen molar-refractivity contribution in [2.75, 3.05) is 4.72 Å². The molecular formula is C23H23N3O4S2. The highest BCUT2D eigenvalue weighted by Crippen LogP contribution is 2.30. The van der Waals surface area contributed by atoms with Crippen LogP contribution in [0.4, 0.5) is 5.69 Å². The van der Waals surface area contributed by atoms with Gasteiger partial charge in [-0.1, -0.05) is 6.07 Å². The third kappa shape index (κ3) is 4.68. The summed E-state index contributed by atoms with van der Waals surface area (Å²) >= 11 is 1.45. The number of anilines is 1. The van der Waals surface area contributed by atoms with E-state index in [0.717, 1.165) is 30.4 Å². The zero-order valence-electron chi connectivity index (χ0n) is 17.7. The van der Waals surface area contributed by atoms with E-state index in [9.17, 15) is 18.0 Å². The largest absolute Gasteiger partial charge is 0.280 e. The van der Waals surface area contributed by atoms with E-state index in [2.05, 4.69) is 15.6 Å². The highest BCUT2D eigenvalue weighted by Gasteiger charge is 2.19. The molecule has 0 saturated heterocycles. The minimum absolute atomic E-state index is 0.0319. The quantitative estimate of drug-likeness (QED) is 0.495. The lowest BCUT2D eigenvalue weighted by Gasteiger charge is -2.11. The molecule has 3 aromatic rings. The van der Waals surface area contributed by atoms with Gasteiger partial charge in [-0.25, -0.2) is 8.42 Å². The number of fused-ring (bicyclic) bond motifs is 1. The van der Waals surface area contributed by atoms with Gasteiger partial charge >= 0.3 is 0 Å². The number of thiophene rings is 1. The molecule has 0 unspecified atom stereocenters. The van der Waals surface area contributed by atoms with E-state index in [1.54, 1.807) is 12.1 Å². The van der Waals surface area contributed by atoms with Gasteiger partial charge in [0.1, 0.15) is 0 Å². The summed E-state index contributed by atoms with van der Waals surface area (Å²) in [5.74, 6) is -0.900. The lowest BCUT2D eigenvalue weighted by atomic mass is 10.1. The van der Waals surface area contributed by atoms with Crippen molar-refractivity contribution in [2.45, 2.75) is 38.0 Å². The fourth-order valence-electron chi connectivity index (χ4n) is 3.49. The van der Waals surface area contributed by atoms with Crippen LogP contribution in [0.1, 0.15) is 48.0 Å². The van der Waals surface area contributed by atoms with Gasteiger partial charge in [-0.2, -0.15) is 0 Å². The summed E-state index contributed by atoms with van der Waals surface area (Å²) < 4.78 is 27.8. The Bertz CT molecular complexity index is 1270. The highest BCUT2D eigenvalue weighted by atomic mass is 32.2. The van der Waals surface area contributed by atoms with E-state index >= 15 is 0 Å². The Morgan fingerprint density at radius 2 is 1.59 bits per heavy atom. The molecule has 166 valence electrons. The molecule has 1 aromatic heterocycles. The van der Waals surface area contributed by atoms with Crippen molar-refractivity contribution in [2.24, 2.45) is 0 Å². The first kappa shape index (κ1) is 22.0. The van der Waals surface area contributed by atoms with Crippen LogP contribution in [0, 0.1) is 13.8 Å². The van der Waals surface area contributed by atoms with Gasteiger partial charge in [-0.15, -0.1) is 11.3 Å². The molecule has 0 aliphatic heterocycles. The summed E-state index contributed by atoms with van der Waals surface area (Å²) in [6.45, 7) is 3.86. The van der Waals surface area contributed by atoms with Gasteiger partial charge in [0.25, 0.3) is 21.8 Å². The number of hydrogen-bond donors (Lipinski definition) is 3. The molecule has 3 N–H and O–H groups in total. The van der Waals surface area contributed by atoms with Crippen LogP contribution in [0.3, 0.4) is 0 Å². The lowest BCUT2D eigenvalue weighted by Crippen LogP contribution is -2.41. The number of aryl methyl sites for hydroxylation is 4. The predicted octanol–water partition coefficient (Wildman–Crippen LogP) is 3.73. The second-order valence-corrected chi connectivity index (χ2v) is 10.6. The van der Waals surface area contributed by atoms with Gasteiger partial charge in [0.2, 0.25) is 0 Å². The average molecular weight is 470 g/mol. The van der Waals surface area contributed by atoms with E-state index in [1.807, 2.05) is 26.0 Å². The van der Waals surface area contributed by atoms with Gasteiger partial charge in [-0.05, 0) is 92.3 Å². The van der Waals surface area contributed by atoms with Crippen LogP contribution in [0.5, 0.6) is 0 Å². The van der Waals surface area contributed by atoms with Gasteiger partial charge in [-0.3, -0.25) is 25.2 Å². The van der Waals surface area contributed by atoms with Crippen LogP contribution in [0.15, 0.2) is 53.4 Å². The highest BCUT2D eigenvalue weighted by molar-refractivity contribution is 7.92. The van der Waals surface area contributed by atoms with E-state index in [4.69, 9.17) is 0 Å². The number of rotatable bonds is 5. The Labute approximate surface area is 190 Å². The molecule has 1 aliphatic rings. The maximum atomic E-state index is 12.6. The second kappa shape index (κ2) is 8.76. The Hall–Kier alpha value is -3.17. The zero-order chi connectivity index (χ0) is 22.9. The molecule has 32 heavy (non-hydrogen) atoms. The number of hydrazine groups is 1. The molecule has 1 heterocycles. The summed E-state index contributed by atoms with van der Waals surface area (Å²) in [5, 5.41) is 0. The molecule has 0 atom stereocenters. The smallest absolute Gasteiger partial charge is 0.279 e. The van der Waals surface area contributed by atoms with Gasteiger partial charge in [0.15, 0.2) is 0 Å². The summed E-state index contributed by atoms with van der Waals surface area (Å²) in [6.07, 6.45) is 3.10. The summed E-state index contributed by atoms with van der Waals surface area (Å²) in [6, 6.07) is 12.7. The maximum Gasteiger partial charge on any atom is 0.279 e. The zero-order valence-corrected chi connectivity index (χ0v) is 19.3. The monoisotopic (exact) mass is 469 g/mol. The lowest BCUT2D eigenvalue weighted by molar-refractivity contribution is 0.0849. The number of carbonyl (C=O) groups excluding carboxylic acids is 2. The molecule has 9 heteroatoms. The van der Waals surface area contributed by atoms with E-state index in [-0.39, 0.29) is 16.4 Å². The summed E-state index contributed by atoms with van der Waals surface area (Å²) in [5.41, 5.74) is 8.74. The topological polar surface area (TPSA) is 104 Å². The molecule has 0 bridgehead atoms. The molecule has 0 fully saturated rings. The molecule has 2 amide bonds. The molecule has 1 aliphatic carbocycles. The SMILES string of the molecule is Cc1ccc(NS(=O)(=O)c2ccc(C(=O)NNC(=O)c3cc4c(s3)CCC4)cc2)cc1C. The first-order chi connectivity index (χ1) is 15.2. The fraction of sp³-hybridized carbons (Fsp3) is 0.217. The van der Waals surface area contributed by atoms with Crippen molar-refractivity contribution in [1.29, 1.82) is 0 Å². The molecule has 4 rings (SSSR count). The Morgan fingerprint density at radius 1 is 0.875 bits per heavy atom. The number of benzene rings is 2. The third-order valence-electron chi connectivity index (χ3n) is 5.45. The van der Waals surface area contributed by atoms with Crippen LogP contribution in [0.25, 0.3) is 0 Å². The molecular weight excluding hydrogens is 446 g/mol. The Balaban J connectivity index is 1.38. The molecule has 7 nitrogen and oxygen atoms in total. The van der Waals surface area contributed by atoms with E-state index in [0.29, 0.717) is 10.6 Å². The molecule has 0 radical (unpaired) electrons. The first-order valence-corrected chi connectivity index (χ1v) is 12.5. The van der Waals surface area contributed by atoms with Crippen molar-refractivity contribution >= 4 is 38.9 Å². The molecule has 2 aromatic carbocycles. The standard InChI is InChI=1S/C23H23N3O4S2/c1-14-6-9-18(12-15(14)2)26-32(29,30)19-10-7-16(8-11-19)22(27)24-25-23(28)21-13-17-4-3-5-20(17)31-21/h6-13,26H,3-5H2,1-2H3,(H,24,27)(H,25,28). The van der Waals surface area contributed by atoms with Crippen LogP contribution in [-0.4, -0.2) is 20.2 Å². The van der Waals surface area contributed by atoms with Gasteiger partial charge in [0, 0.05) is 16.1 Å². The number of amides is 2. The Morgan fingerprint density at radius 3 is 2.28 bits per heavy atom. The van der Waals surface area contributed by atoms with Crippen molar-refractivity contribution < 1.29 is 18.0 Å². The fourth-order valence-corrected chi connectivity index (χ4v) is 5.69. The van der Waals surface area contributed by atoms with Gasteiger partial charge < -0.3 is 0 Å². The number of hydrogen-bond acceptors (Lipinski definition) is 5. The van der Waals surface area contributed by atoms with Gasteiger partial charge in [0.05, 0.1) is 9.77 Å². The maximum absolute atomic E-state index is 12.6. The van der Waals surface area contributed by atoms with Crippen LogP contribution < -0.4 is 15.6 Å². The Kier molecular flexibility index (Phi) is 6.03. The normalized spacial score (nSPS) is 12.8. The minimum Gasteiger partial charge on any atom is -0.280 e. The van der Waals surface area contributed by atoms with Crippen LogP contribution >= 0.6 is 11.3 Å². The van der Waals surface area contributed by atoms with Crippen molar-refractivity contribution in [3.8, 4) is 0 Å². The minimum atomic E-state index is -3.80. The summed E-state index contributed by atoms with van der Waals surface area (Å²) in [4.78, 5) is 26.5. The average Bonchev–Trinajstić information content (AvgIpc) is 3.37. The number of sulfonamides is 1. The number of nitrogens with one attached hydrogen (secondary N) is 3. The van der Waals surface area contributed by atoms with E-state index < -0.39 is 15.9 Å². The van der Waals surface area contributed by atoms with Crippen molar-refractivity contribution in [3.05, 3.63) is 80.5 Å². The second-order valence-electron chi connectivity index (χ2n) is 7.75. The molecule has 0 saturated carbocycles. The van der Waals surface area contributed by atoms with Crippen LogP contribution in [0.2, 0.25) is 0 Å². The van der Waals surface area contributed by atoms with Crippen molar-refractivity contribution in [1.82, 2.24) is 10.9 Å². The number of carbonyl (C=O) groups is 2. The first-order valence-electron chi connectivity index (χ1n) is 10.2. The van der Waals surface area contributed by atoms with E-state index in [1.165, 1.54) is 46.0 Å². The molecule has 0 spiro atoms. The van der Waals surface area contributed by atoms with Crippen LogP contribution in [-0.2, 0) is 22.9 Å². The third-order valence-corrected chi connectivity index (χ3v) is 8.08. The summed E-state index contributed by atoms with van der Waals surface area (Å²) in [7, 11) is -3.80.